The molecule has 1 heterocycles. The summed E-state index contributed by atoms with van der Waals surface area (Å²) in [5.41, 5.74) is 2.51. The first-order chi connectivity index (χ1) is 10.8. The average molecular weight is 298 g/mol. The minimum Gasteiger partial charge on any atom is -0.354 e. The van der Waals surface area contributed by atoms with Crippen molar-refractivity contribution in [3.05, 3.63) is 53.9 Å². The maximum atomic E-state index is 4.33. The average Bonchev–Trinajstić information content (AvgIpc) is 2.58. The fourth-order valence-electron chi connectivity index (χ4n) is 2.20. The summed E-state index contributed by atoms with van der Waals surface area (Å²) in [4.78, 5) is 8.65. The van der Waals surface area contributed by atoms with Crippen molar-refractivity contribution in [2.45, 2.75) is 45.7 Å². The third-order valence-electron chi connectivity index (χ3n) is 3.60. The topological polar surface area (TPSA) is 49.8 Å². The molecule has 4 heteroatoms. The lowest BCUT2D eigenvalue weighted by atomic mass is 10.1. The zero-order valence-electron chi connectivity index (χ0n) is 13.5. The maximum absolute atomic E-state index is 4.33. The van der Waals surface area contributed by atoms with Crippen LogP contribution < -0.4 is 10.6 Å². The van der Waals surface area contributed by atoms with E-state index < -0.39 is 0 Å². The minimum absolute atomic E-state index is 0.470. The fraction of sp³-hybridized carbons (Fsp3) is 0.444. The van der Waals surface area contributed by atoms with Gasteiger partial charge in [-0.05, 0) is 31.7 Å². The van der Waals surface area contributed by atoms with Crippen molar-refractivity contribution in [2.75, 3.05) is 11.9 Å². The summed E-state index contributed by atoms with van der Waals surface area (Å²) in [5, 5.41) is 6.71. The quantitative estimate of drug-likeness (QED) is 0.745. The molecule has 1 aromatic heterocycles. The number of hydrogen-bond donors (Lipinski definition) is 2. The maximum Gasteiger partial charge on any atom is 0.222 e. The van der Waals surface area contributed by atoms with Gasteiger partial charge in [-0.2, -0.15) is 0 Å². The molecule has 0 aliphatic carbocycles. The Hall–Kier alpha value is -1.94. The zero-order valence-corrected chi connectivity index (χ0v) is 13.5. The van der Waals surface area contributed by atoms with Gasteiger partial charge in [-0.25, -0.2) is 9.97 Å². The molecule has 0 amide bonds. The zero-order chi connectivity index (χ0) is 15.6. The van der Waals surface area contributed by atoms with E-state index >= 15 is 0 Å². The van der Waals surface area contributed by atoms with E-state index in [-0.39, 0.29) is 0 Å². The number of anilines is 1. The number of nitrogens with zero attached hydrogens (tertiary/aromatic N) is 2. The van der Waals surface area contributed by atoms with Gasteiger partial charge in [0.15, 0.2) is 0 Å². The van der Waals surface area contributed by atoms with Crippen molar-refractivity contribution in [3.8, 4) is 0 Å². The first kappa shape index (κ1) is 16.4. The van der Waals surface area contributed by atoms with E-state index in [1.165, 1.54) is 5.56 Å². The summed E-state index contributed by atoms with van der Waals surface area (Å²) in [7, 11) is 0. The number of aryl methyl sites for hydroxylation is 1. The van der Waals surface area contributed by atoms with Gasteiger partial charge in [-0.15, -0.1) is 0 Å². The number of aromatic nitrogens is 2. The Morgan fingerprint density at radius 3 is 2.45 bits per heavy atom. The molecular weight excluding hydrogens is 272 g/mol. The van der Waals surface area contributed by atoms with Crippen LogP contribution in [0.5, 0.6) is 0 Å². The van der Waals surface area contributed by atoms with Crippen molar-refractivity contribution in [1.29, 1.82) is 0 Å². The van der Waals surface area contributed by atoms with Crippen LogP contribution in [0.4, 0.5) is 5.95 Å². The Balaban J connectivity index is 1.70. The van der Waals surface area contributed by atoms with Crippen molar-refractivity contribution in [2.24, 2.45) is 0 Å². The van der Waals surface area contributed by atoms with Gasteiger partial charge >= 0.3 is 0 Å². The molecule has 1 aromatic carbocycles. The second kappa shape index (κ2) is 9.15. The minimum atomic E-state index is 0.470. The summed E-state index contributed by atoms with van der Waals surface area (Å²) < 4.78 is 0. The first-order valence-electron chi connectivity index (χ1n) is 8.10. The monoisotopic (exact) mass is 298 g/mol. The van der Waals surface area contributed by atoms with E-state index in [9.17, 15) is 0 Å². The SMILES string of the molecule is CCCNc1ncc(CNC(C)CCc2ccccc2)cn1. The molecule has 4 nitrogen and oxygen atoms in total. The van der Waals surface area contributed by atoms with E-state index in [1.807, 2.05) is 12.4 Å². The van der Waals surface area contributed by atoms with Crippen LogP contribution in [0, 0.1) is 0 Å². The van der Waals surface area contributed by atoms with Crippen LogP contribution >= 0.6 is 0 Å². The van der Waals surface area contributed by atoms with Crippen LogP contribution in [0.25, 0.3) is 0 Å². The van der Waals surface area contributed by atoms with E-state index in [4.69, 9.17) is 0 Å². The van der Waals surface area contributed by atoms with Gasteiger partial charge in [-0.1, -0.05) is 37.3 Å². The molecule has 2 rings (SSSR count). The Bertz CT molecular complexity index is 525. The fourth-order valence-corrected chi connectivity index (χ4v) is 2.20. The number of nitrogens with one attached hydrogen (secondary N) is 2. The van der Waals surface area contributed by atoms with Gasteiger partial charge in [0.05, 0.1) is 0 Å². The van der Waals surface area contributed by atoms with Gasteiger partial charge in [0.1, 0.15) is 0 Å². The van der Waals surface area contributed by atoms with Crippen LogP contribution in [-0.4, -0.2) is 22.6 Å². The van der Waals surface area contributed by atoms with Crippen LogP contribution in [0.2, 0.25) is 0 Å². The predicted molar refractivity (Wildman–Crippen MR) is 91.9 cm³/mol. The van der Waals surface area contributed by atoms with Gasteiger partial charge in [-0.3, -0.25) is 0 Å². The number of rotatable bonds is 9. The van der Waals surface area contributed by atoms with Gasteiger partial charge in [0.2, 0.25) is 5.95 Å². The summed E-state index contributed by atoms with van der Waals surface area (Å²) in [6.45, 7) is 6.07. The Kier molecular flexibility index (Phi) is 6.84. The largest absolute Gasteiger partial charge is 0.354 e. The highest BCUT2D eigenvalue weighted by atomic mass is 15.1. The Morgan fingerprint density at radius 2 is 1.77 bits per heavy atom. The number of hydrogen-bond acceptors (Lipinski definition) is 4. The third kappa shape index (κ3) is 5.82. The molecule has 0 bridgehead atoms. The smallest absolute Gasteiger partial charge is 0.222 e. The Morgan fingerprint density at radius 1 is 1.05 bits per heavy atom. The lowest BCUT2D eigenvalue weighted by molar-refractivity contribution is 0.513. The lowest BCUT2D eigenvalue weighted by Gasteiger charge is -2.13. The molecule has 0 spiro atoms. The van der Waals surface area contributed by atoms with Gasteiger partial charge in [0.25, 0.3) is 0 Å². The molecule has 22 heavy (non-hydrogen) atoms. The first-order valence-corrected chi connectivity index (χ1v) is 8.10. The molecule has 0 saturated heterocycles. The molecule has 118 valence electrons. The molecule has 0 radical (unpaired) electrons. The third-order valence-corrected chi connectivity index (χ3v) is 3.60. The molecule has 0 aliphatic rings. The second-order valence-electron chi connectivity index (χ2n) is 5.65. The second-order valence-corrected chi connectivity index (χ2v) is 5.65. The highest BCUT2D eigenvalue weighted by Gasteiger charge is 2.03. The van der Waals surface area contributed by atoms with Crippen molar-refractivity contribution < 1.29 is 0 Å². The van der Waals surface area contributed by atoms with E-state index in [0.717, 1.165) is 37.9 Å². The van der Waals surface area contributed by atoms with Crippen molar-refractivity contribution >= 4 is 5.95 Å². The predicted octanol–water partition coefficient (Wildman–Crippen LogP) is 3.41. The molecule has 1 atom stereocenters. The Labute approximate surface area is 133 Å². The molecule has 0 fully saturated rings. The highest BCUT2D eigenvalue weighted by Crippen LogP contribution is 2.06. The van der Waals surface area contributed by atoms with Crippen molar-refractivity contribution in [3.63, 3.8) is 0 Å². The summed E-state index contributed by atoms with van der Waals surface area (Å²) in [6.07, 6.45) is 7.09. The normalized spacial score (nSPS) is 12.1. The molecule has 2 N–H and O–H groups in total. The van der Waals surface area contributed by atoms with Crippen LogP contribution in [-0.2, 0) is 13.0 Å². The van der Waals surface area contributed by atoms with Gasteiger partial charge < -0.3 is 10.6 Å². The van der Waals surface area contributed by atoms with Crippen LogP contribution in [0.15, 0.2) is 42.7 Å². The lowest BCUT2D eigenvalue weighted by Crippen LogP contribution is -2.26. The molecule has 2 aromatic rings. The molecule has 0 aliphatic heterocycles. The summed E-state index contributed by atoms with van der Waals surface area (Å²) in [6, 6.07) is 11.1. The van der Waals surface area contributed by atoms with Crippen LogP contribution in [0.3, 0.4) is 0 Å². The molecule has 0 saturated carbocycles. The number of benzene rings is 1. The van der Waals surface area contributed by atoms with Crippen LogP contribution in [0.1, 0.15) is 37.8 Å². The highest BCUT2D eigenvalue weighted by molar-refractivity contribution is 5.24. The summed E-state index contributed by atoms with van der Waals surface area (Å²) >= 11 is 0. The standard InChI is InChI=1S/C18H26N4/c1-3-11-19-18-21-13-17(14-22-18)12-20-15(2)9-10-16-7-5-4-6-8-16/h4-8,13-15,20H,3,9-12H2,1-2H3,(H,19,21,22). The van der Waals surface area contributed by atoms with Crippen molar-refractivity contribution in [1.82, 2.24) is 15.3 Å². The van der Waals surface area contributed by atoms with E-state index in [2.05, 4.69) is 64.8 Å². The molecular formula is C18H26N4. The van der Waals surface area contributed by atoms with E-state index in [0.29, 0.717) is 12.0 Å². The molecule has 1 unspecified atom stereocenters. The van der Waals surface area contributed by atoms with Gasteiger partial charge in [0, 0.05) is 37.1 Å². The summed E-state index contributed by atoms with van der Waals surface area (Å²) in [5.74, 6) is 0.711. The van der Waals surface area contributed by atoms with E-state index in [1.54, 1.807) is 0 Å².